The lowest BCUT2D eigenvalue weighted by Crippen LogP contribution is -2.17. The van der Waals surface area contributed by atoms with Crippen molar-refractivity contribution in [1.82, 2.24) is 14.3 Å². The number of nitrogens with one attached hydrogen (secondary N) is 1. The summed E-state index contributed by atoms with van der Waals surface area (Å²) in [4.78, 5) is 12.7. The first-order valence-electron chi connectivity index (χ1n) is 8.20. The smallest absolute Gasteiger partial charge is 0.273 e. The summed E-state index contributed by atoms with van der Waals surface area (Å²) < 4.78 is 4.98. The van der Waals surface area contributed by atoms with Crippen LogP contribution in [0.3, 0.4) is 0 Å². The van der Waals surface area contributed by atoms with Crippen LogP contribution in [0.4, 0.5) is 5.82 Å². The zero-order valence-electron chi connectivity index (χ0n) is 13.8. The van der Waals surface area contributed by atoms with Crippen molar-refractivity contribution in [3.05, 3.63) is 71.4 Å². The molecule has 0 radical (unpaired) electrons. The van der Waals surface area contributed by atoms with Crippen molar-refractivity contribution in [2.24, 2.45) is 0 Å². The number of hydrogen-bond acceptors (Lipinski definition) is 3. The Bertz CT molecular complexity index is 1010. The standard InChI is InChI=1S/C19H18N4OS/c1-2-23-15-9-11-25-17(15)12-16(23)19(24)20-18-8-10-22(21-18)13-14-6-4-3-5-7-14/h3-12H,2,13H2,1H3,(H,20,21,24). The number of carbonyl (C=O) groups is 1. The van der Waals surface area contributed by atoms with Gasteiger partial charge in [-0.15, -0.1) is 11.3 Å². The average Bonchev–Trinajstić information content (AvgIpc) is 3.31. The number of carbonyl (C=O) groups excluding carboxylic acids is 1. The Morgan fingerprint density at radius 2 is 2.04 bits per heavy atom. The first kappa shape index (κ1) is 15.7. The summed E-state index contributed by atoms with van der Waals surface area (Å²) in [5.74, 6) is 0.434. The van der Waals surface area contributed by atoms with Gasteiger partial charge in [-0.25, -0.2) is 0 Å². The van der Waals surface area contributed by atoms with Crippen LogP contribution in [0.25, 0.3) is 10.2 Å². The molecule has 0 bridgehead atoms. The fourth-order valence-electron chi connectivity index (χ4n) is 2.97. The Kier molecular flexibility index (Phi) is 4.11. The second-order valence-corrected chi connectivity index (χ2v) is 6.73. The van der Waals surface area contributed by atoms with Gasteiger partial charge in [0.05, 0.1) is 16.8 Å². The number of amides is 1. The van der Waals surface area contributed by atoms with Gasteiger partial charge in [-0.2, -0.15) is 5.10 Å². The normalized spacial score (nSPS) is 11.1. The van der Waals surface area contributed by atoms with Gasteiger partial charge in [-0.3, -0.25) is 9.48 Å². The van der Waals surface area contributed by atoms with Gasteiger partial charge < -0.3 is 9.88 Å². The van der Waals surface area contributed by atoms with E-state index >= 15 is 0 Å². The molecule has 4 aromatic rings. The van der Waals surface area contributed by atoms with Gasteiger partial charge in [0.25, 0.3) is 5.91 Å². The van der Waals surface area contributed by atoms with Crippen LogP contribution < -0.4 is 5.32 Å². The maximum absolute atomic E-state index is 12.7. The summed E-state index contributed by atoms with van der Waals surface area (Å²) in [6, 6.07) is 15.9. The van der Waals surface area contributed by atoms with E-state index in [4.69, 9.17) is 0 Å². The summed E-state index contributed by atoms with van der Waals surface area (Å²) in [7, 11) is 0. The summed E-state index contributed by atoms with van der Waals surface area (Å²) in [6.45, 7) is 3.48. The zero-order valence-corrected chi connectivity index (χ0v) is 14.7. The minimum absolute atomic E-state index is 0.129. The lowest BCUT2D eigenvalue weighted by atomic mass is 10.2. The third-order valence-electron chi connectivity index (χ3n) is 4.14. The van der Waals surface area contributed by atoms with E-state index in [0.29, 0.717) is 18.1 Å². The van der Waals surface area contributed by atoms with E-state index in [1.165, 1.54) is 5.56 Å². The molecule has 4 rings (SSSR count). The predicted molar refractivity (Wildman–Crippen MR) is 101 cm³/mol. The van der Waals surface area contributed by atoms with Crippen LogP contribution >= 0.6 is 11.3 Å². The third kappa shape index (κ3) is 3.08. The molecule has 1 amide bonds. The third-order valence-corrected chi connectivity index (χ3v) is 4.99. The molecule has 126 valence electrons. The van der Waals surface area contributed by atoms with E-state index in [9.17, 15) is 4.79 Å². The molecule has 3 heterocycles. The van der Waals surface area contributed by atoms with Gasteiger partial charge in [0, 0.05) is 18.8 Å². The van der Waals surface area contributed by atoms with Gasteiger partial charge in [0.15, 0.2) is 5.82 Å². The first-order chi connectivity index (χ1) is 12.2. The zero-order chi connectivity index (χ0) is 17.2. The van der Waals surface area contributed by atoms with Crippen molar-refractivity contribution < 1.29 is 4.79 Å². The van der Waals surface area contributed by atoms with Gasteiger partial charge >= 0.3 is 0 Å². The molecule has 0 aliphatic carbocycles. The fraction of sp³-hybridized carbons (Fsp3) is 0.158. The molecule has 0 unspecified atom stereocenters. The molecular formula is C19H18N4OS. The number of nitrogens with zero attached hydrogens (tertiary/aromatic N) is 3. The molecule has 0 saturated carbocycles. The highest BCUT2D eigenvalue weighted by Gasteiger charge is 2.16. The molecule has 0 fully saturated rings. The lowest BCUT2D eigenvalue weighted by Gasteiger charge is -2.07. The van der Waals surface area contributed by atoms with Gasteiger partial charge in [0.1, 0.15) is 5.69 Å². The predicted octanol–water partition coefficient (Wildman–Crippen LogP) is 4.22. The number of rotatable bonds is 5. The van der Waals surface area contributed by atoms with Gasteiger partial charge in [0.2, 0.25) is 0 Å². The fourth-order valence-corrected chi connectivity index (χ4v) is 3.80. The molecule has 6 heteroatoms. The monoisotopic (exact) mass is 350 g/mol. The molecule has 0 aliphatic rings. The maximum atomic E-state index is 12.7. The van der Waals surface area contributed by atoms with Gasteiger partial charge in [-0.1, -0.05) is 30.3 Å². The SMILES string of the molecule is CCn1c(C(=O)Nc2ccn(Cc3ccccc3)n2)cc2sccc21. The van der Waals surface area contributed by atoms with Gasteiger partial charge in [-0.05, 0) is 30.0 Å². The Hall–Kier alpha value is -2.86. The number of benzene rings is 1. The topological polar surface area (TPSA) is 51.9 Å². The molecule has 5 nitrogen and oxygen atoms in total. The highest BCUT2D eigenvalue weighted by molar-refractivity contribution is 7.17. The highest BCUT2D eigenvalue weighted by atomic mass is 32.1. The Morgan fingerprint density at radius 1 is 1.20 bits per heavy atom. The van der Waals surface area contributed by atoms with Crippen LogP contribution in [0, 0.1) is 0 Å². The average molecular weight is 350 g/mol. The molecule has 1 aromatic carbocycles. The largest absolute Gasteiger partial charge is 0.336 e. The van der Waals surface area contributed by atoms with E-state index in [1.54, 1.807) is 11.3 Å². The summed E-state index contributed by atoms with van der Waals surface area (Å²) in [6.07, 6.45) is 1.88. The number of thiophene rings is 1. The quantitative estimate of drug-likeness (QED) is 0.586. The minimum Gasteiger partial charge on any atom is -0.336 e. The summed E-state index contributed by atoms with van der Waals surface area (Å²) in [5, 5.41) is 9.39. The first-order valence-corrected chi connectivity index (χ1v) is 9.08. The number of anilines is 1. The van der Waals surface area contributed by atoms with Crippen molar-refractivity contribution >= 4 is 33.3 Å². The van der Waals surface area contributed by atoms with Crippen molar-refractivity contribution in [3.63, 3.8) is 0 Å². The van der Waals surface area contributed by atoms with Crippen LogP contribution in [-0.2, 0) is 13.1 Å². The highest BCUT2D eigenvalue weighted by Crippen LogP contribution is 2.25. The van der Waals surface area contributed by atoms with E-state index in [1.807, 2.05) is 58.1 Å². The number of hydrogen-bond donors (Lipinski definition) is 1. The second-order valence-electron chi connectivity index (χ2n) is 5.78. The van der Waals surface area contributed by atoms with Crippen LogP contribution in [0.1, 0.15) is 23.0 Å². The van der Waals surface area contributed by atoms with Crippen molar-refractivity contribution in [2.75, 3.05) is 5.32 Å². The molecule has 3 aromatic heterocycles. The van der Waals surface area contributed by atoms with Crippen LogP contribution in [-0.4, -0.2) is 20.3 Å². The molecule has 0 saturated heterocycles. The van der Waals surface area contributed by atoms with Crippen molar-refractivity contribution in [2.45, 2.75) is 20.0 Å². The number of aryl methyl sites for hydroxylation is 1. The van der Waals surface area contributed by atoms with Crippen LogP contribution in [0.15, 0.2) is 60.1 Å². The van der Waals surface area contributed by atoms with Crippen LogP contribution in [0.2, 0.25) is 0 Å². The maximum Gasteiger partial charge on any atom is 0.273 e. The van der Waals surface area contributed by atoms with Crippen molar-refractivity contribution in [1.29, 1.82) is 0 Å². The molecule has 1 N–H and O–H groups in total. The summed E-state index contributed by atoms with van der Waals surface area (Å²) >= 11 is 1.65. The second kappa shape index (κ2) is 6.57. The van der Waals surface area contributed by atoms with E-state index in [-0.39, 0.29) is 5.91 Å². The van der Waals surface area contributed by atoms with E-state index < -0.39 is 0 Å². The molecule has 0 spiro atoms. The molecule has 25 heavy (non-hydrogen) atoms. The Balaban J connectivity index is 1.52. The minimum atomic E-state index is -0.129. The number of fused-ring (bicyclic) bond motifs is 1. The summed E-state index contributed by atoms with van der Waals surface area (Å²) in [5.41, 5.74) is 2.94. The molecule has 0 atom stereocenters. The molecule has 0 aliphatic heterocycles. The lowest BCUT2D eigenvalue weighted by molar-refractivity contribution is 0.101. The molecular weight excluding hydrogens is 332 g/mol. The Labute approximate surface area is 149 Å². The Morgan fingerprint density at radius 3 is 2.84 bits per heavy atom. The van der Waals surface area contributed by atoms with E-state index in [2.05, 4.69) is 28.6 Å². The number of aromatic nitrogens is 3. The van der Waals surface area contributed by atoms with E-state index in [0.717, 1.165) is 16.8 Å². The van der Waals surface area contributed by atoms with Crippen molar-refractivity contribution in [3.8, 4) is 0 Å². The van der Waals surface area contributed by atoms with Crippen LogP contribution in [0.5, 0.6) is 0 Å².